The summed E-state index contributed by atoms with van der Waals surface area (Å²) in [4.78, 5) is 11.1. The lowest BCUT2D eigenvalue weighted by molar-refractivity contribution is -0.113. The van der Waals surface area contributed by atoms with E-state index in [0.29, 0.717) is 23.4 Å². The zero-order valence-corrected chi connectivity index (χ0v) is 9.70. The molecular weight excluding hydrogens is 231 g/mol. The van der Waals surface area contributed by atoms with Crippen LogP contribution < -0.4 is 5.32 Å². The van der Waals surface area contributed by atoms with Gasteiger partial charge < -0.3 is 5.32 Å². The summed E-state index contributed by atoms with van der Waals surface area (Å²) in [5, 5.41) is 2.43. The van der Waals surface area contributed by atoms with Crippen molar-refractivity contribution in [2.75, 3.05) is 5.32 Å². The van der Waals surface area contributed by atoms with Gasteiger partial charge in [-0.25, -0.2) is 13.2 Å². The summed E-state index contributed by atoms with van der Waals surface area (Å²) in [6, 6.07) is 1.14. The average Bonchev–Trinajstić information content (AvgIpc) is 2.21. The van der Waals surface area contributed by atoms with Crippen molar-refractivity contribution >= 4 is 11.5 Å². The van der Waals surface area contributed by atoms with Gasteiger partial charge in [0.1, 0.15) is 11.5 Å². The minimum Gasteiger partial charge on any atom is -0.354 e. The molecule has 1 aromatic rings. The molecule has 0 spiro atoms. The second kappa shape index (κ2) is 5.03. The third-order valence-corrected chi connectivity index (χ3v) is 2.41. The minimum absolute atomic E-state index is 0.210. The van der Waals surface area contributed by atoms with E-state index in [2.05, 4.69) is 5.32 Å². The number of Topliss-reactive ketones (excluding diaryl/α,β-unsaturated/α-hetero) is 1. The zero-order valence-electron chi connectivity index (χ0n) is 9.70. The maximum Gasteiger partial charge on any atom is 0.157 e. The molecule has 1 aromatic carbocycles. The van der Waals surface area contributed by atoms with E-state index in [1.807, 2.05) is 0 Å². The van der Waals surface area contributed by atoms with Gasteiger partial charge in [0.25, 0.3) is 0 Å². The SMILES string of the molecule is CC(=O)C(C)=C(C)Nc1c(F)cc(F)cc1F. The molecule has 1 N–H and O–H groups in total. The van der Waals surface area contributed by atoms with E-state index in [9.17, 15) is 18.0 Å². The lowest BCUT2D eigenvalue weighted by Gasteiger charge is -2.11. The van der Waals surface area contributed by atoms with Gasteiger partial charge in [-0.3, -0.25) is 4.79 Å². The van der Waals surface area contributed by atoms with Crippen molar-refractivity contribution in [3.63, 3.8) is 0 Å². The Balaban J connectivity index is 3.13. The van der Waals surface area contributed by atoms with E-state index >= 15 is 0 Å². The van der Waals surface area contributed by atoms with Crippen LogP contribution in [0.5, 0.6) is 0 Å². The monoisotopic (exact) mass is 243 g/mol. The number of hydrogen-bond acceptors (Lipinski definition) is 2. The summed E-state index contributed by atoms with van der Waals surface area (Å²) < 4.78 is 39.2. The lowest BCUT2D eigenvalue weighted by atomic mass is 10.1. The van der Waals surface area contributed by atoms with E-state index < -0.39 is 23.1 Å². The molecule has 0 saturated carbocycles. The van der Waals surface area contributed by atoms with Gasteiger partial charge in [0.05, 0.1) is 0 Å². The average molecular weight is 243 g/mol. The summed E-state index contributed by atoms with van der Waals surface area (Å²) >= 11 is 0. The van der Waals surface area contributed by atoms with Crippen LogP contribution in [-0.2, 0) is 4.79 Å². The van der Waals surface area contributed by atoms with Crippen LogP contribution in [0.1, 0.15) is 20.8 Å². The standard InChI is InChI=1S/C12H12F3NO/c1-6(8(3)17)7(2)16-12-10(14)4-9(13)5-11(12)15/h4-5,16H,1-3H3. The Morgan fingerprint density at radius 2 is 1.53 bits per heavy atom. The van der Waals surface area contributed by atoms with Crippen LogP contribution in [0, 0.1) is 17.5 Å². The topological polar surface area (TPSA) is 29.1 Å². The molecule has 92 valence electrons. The molecule has 0 aliphatic rings. The largest absolute Gasteiger partial charge is 0.354 e. The first-order valence-corrected chi connectivity index (χ1v) is 4.93. The lowest BCUT2D eigenvalue weighted by Crippen LogP contribution is -2.07. The van der Waals surface area contributed by atoms with Crippen LogP contribution in [0.25, 0.3) is 0 Å². The van der Waals surface area contributed by atoms with Crippen LogP contribution in [0.2, 0.25) is 0 Å². The van der Waals surface area contributed by atoms with Crippen LogP contribution in [0.4, 0.5) is 18.9 Å². The summed E-state index contributed by atoms with van der Waals surface area (Å²) in [7, 11) is 0. The Labute approximate surface area is 97.1 Å². The van der Waals surface area contributed by atoms with Gasteiger partial charge in [0.15, 0.2) is 17.4 Å². The molecule has 0 bridgehead atoms. The second-order valence-electron chi connectivity index (χ2n) is 3.68. The van der Waals surface area contributed by atoms with Crippen LogP contribution in [0.15, 0.2) is 23.4 Å². The maximum absolute atomic E-state index is 13.3. The van der Waals surface area contributed by atoms with Gasteiger partial charge in [0.2, 0.25) is 0 Å². The smallest absolute Gasteiger partial charge is 0.157 e. The molecule has 0 unspecified atom stereocenters. The number of carbonyl (C=O) groups excluding carboxylic acids is 1. The fourth-order valence-corrected chi connectivity index (χ4v) is 1.21. The van der Waals surface area contributed by atoms with Gasteiger partial charge in [-0.05, 0) is 20.8 Å². The number of anilines is 1. The summed E-state index contributed by atoms with van der Waals surface area (Å²) in [6.07, 6.45) is 0. The van der Waals surface area contributed by atoms with Crippen LogP contribution >= 0.6 is 0 Å². The molecule has 0 saturated heterocycles. The number of hydrogen-bond donors (Lipinski definition) is 1. The van der Waals surface area contributed by atoms with E-state index in [1.54, 1.807) is 0 Å². The van der Waals surface area contributed by atoms with Crippen molar-refractivity contribution in [1.29, 1.82) is 0 Å². The molecular formula is C12H12F3NO. The predicted molar refractivity (Wildman–Crippen MR) is 59.0 cm³/mol. The van der Waals surface area contributed by atoms with E-state index in [-0.39, 0.29) is 5.78 Å². The van der Waals surface area contributed by atoms with Gasteiger partial charge in [-0.1, -0.05) is 0 Å². The molecule has 17 heavy (non-hydrogen) atoms. The van der Waals surface area contributed by atoms with E-state index in [0.717, 1.165) is 0 Å². The number of rotatable bonds is 3. The molecule has 5 heteroatoms. The van der Waals surface area contributed by atoms with Gasteiger partial charge in [-0.15, -0.1) is 0 Å². The number of halogens is 3. The maximum atomic E-state index is 13.3. The minimum atomic E-state index is -1.04. The first-order chi connectivity index (χ1) is 7.82. The van der Waals surface area contributed by atoms with E-state index in [1.165, 1.54) is 20.8 Å². The summed E-state index contributed by atoms with van der Waals surface area (Å²) in [5.74, 6) is -3.29. The first-order valence-electron chi connectivity index (χ1n) is 4.93. The van der Waals surface area contributed by atoms with Gasteiger partial charge >= 0.3 is 0 Å². The summed E-state index contributed by atoms with van der Waals surface area (Å²) in [5.41, 5.74) is 0.208. The molecule has 0 heterocycles. The molecule has 0 amide bonds. The van der Waals surface area contributed by atoms with E-state index in [4.69, 9.17) is 0 Å². The first kappa shape index (κ1) is 13.3. The Morgan fingerprint density at radius 3 is 1.94 bits per heavy atom. The molecule has 0 radical (unpaired) electrons. The van der Waals surface area contributed by atoms with Crippen LogP contribution in [0.3, 0.4) is 0 Å². The number of ketones is 1. The van der Waals surface area contributed by atoms with Crippen molar-refractivity contribution in [2.45, 2.75) is 20.8 Å². The highest BCUT2D eigenvalue weighted by Crippen LogP contribution is 2.22. The van der Waals surface area contributed by atoms with Crippen molar-refractivity contribution in [2.24, 2.45) is 0 Å². The zero-order chi connectivity index (χ0) is 13.2. The third kappa shape index (κ3) is 3.09. The Kier molecular flexibility index (Phi) is 3.93. The van der Waals surface area contributed by atoms with Gasteiger partial charge in [0, 0.05) is 23.4 Å². The van der Waals surface area contributed by atoms with Crippen molar-refractivity contribution in [3.8, 4) is 0 Å². The predicted octanol–water partition coefficient (Wildman–Crippen LogP) is 3.40. The molecule has 0 aliphatic heterocycles. The molecule has 2 nitrogen and oxygen atoms in total. The number of benzene rings is 1. The third-order valence-electron chi connectivity index (χ3n) is 2.41. The molecule has 0 aromatic heterocycles. The number of carbonyl (C=O) groups is 1. The van der Waals surface area contributed by atoms with Crippen molar-refractivity contribution in [1.82, 2.24) is 0 Å². The quantitative estimate of drug-likeness (QED) is 0.824. The highest BCUT2D eigenvalue weighted by atomic mass is 19.1. The van der Waals surface area contributed by atoms with Crippen molar-refractivity contribution < 1.29 is 18.0 Å². The molecule has 0 fully saturated rings. The van der Waals surface area contributed by atoms with Crippen molar-refractivity contribution in [3.05, 3.63) is 40.9 Å². The fourth-order valence-electron chi connectivity index (χ4n) is 1.21. The highest BCUT2D eigenvalue weighted by molar-refractivity contribution is 5.93. The second-order valence-corrected chi connectivity index (χ2v) is 3.68. The highest BCUT2D eigenvalue weighted by Gasteiger charge is 2.12. The Bertz CT molecular complexity index is 472. The molecule has 0 atom stereocenters. The number of nitrogens with one attached hydrogen (secondary N) is 1. The molecule has 0 aliphatic carbocycles. The Hall–Kier alpha value is -1.78. The fraction of sp³-hybridized carbons (Fsp3) is 0.250. The normalized spacial score (nSPS) is 12.1. The van der Waals surface area contributed by atoms with Crippen LogP contribution in [-0.4, -0.2) is 5.78 Å². The Morgan fingerprint density at radius 1 is 1.06 bits per heavy atom. The number of allylic oxidation sites excluding steroid dienone is 2. The molecule has 1 rings (SSSR count). The summed E-state index contributed by atoms with van der Waals surface area (Å²) in [6.45, 7) is 4.39. The van der Waals surface area contributed by atoms with Gasteiger partial charge in [-0.2, -0.15) is 0 Å².